The molecule has 1 aromatic carbocycles. The average molecular weight is 553 g/mol. The topological polar surface area (TPSA) is 97.0 Å². The Morgan fingerprint density at radius 2 is 1.82 bits per heavy atom. The maximum absolute atomic E-state index is 13.0. The van der Waals surface area contributed by atoms with Crippen LogP contribution in [0.5, 0.6) is 0 Å². The Hall–Kier alpha value is -3.69. The number of anilines is 2. The maximum atomic E-state index is 13.0. The molecule has 2 fully saturated rings. The van der Waals surface area contributed by atoms with Crippen LogP contribution in [0.2, 0.25) is 0 Å². The number of carbonyl (C=O) groups is 1. The molecule has 3 atom stereocenters. The van der Waals surface area contributed by atoms with Gasteiger partial charge in [0.05, 0.1) is 5.56 Å². The molecule has 0 bridgehead atoms. The Kier molecular flexibility index (Phi) is 7.96. The van der Waals surface area contributed by atoms with Crippen molar-refractivity contribution in [1.29, 1.82) is 0 Å². The number of carbonyl (C=O) groups excluding carboxylic acids is 1. The van der Waals surface area contributed by atoms with E-state index in [0.29, 0.717) is 24.0 Å². The lowest BCUT2D eigenvalue weighted by Gasteiger charge is -2.44. The smallest absolute Gasteiger partial charge is 0.367 e. The third-order valence-corrected chi connectivity index (χ3v) is 8.27. The number of halogens is 3. The van der Waals surface area contributed by atoms with Crippen molar-refractivity contribution in [2.45, 2.75) is 64.1 Å². The zero-order valence-corrected chi connectivity index (χ0v) is 22.6. The number of nitrogens with one attached hydrogen (secondary N) is 1. The lowest BCUT2D eigenvalue weighted by Crippen LogP contribution is -2.45. The van der Waals surface area contributed by atoms with Gasteiger partial charge >= 0.3 is 6.18 Å². The van der Waals surface area contributed by atoms with Gasteiger partial charge in [-0.15, -0.1) is 0 Å². The molecule has 1 saturated carbocycles. The first-order chi connectivity index (χ1) is 19.1. The number of hydrogen-bond acceptors (Lipinski definition) is 6. The van der Waals surface area contributed by atoms with E-state index in [1.807, 2.05) is 29.2 Å². The summed E-state index contributed by atoms with van der Waals surface area (Å²) in [5, 5.41) is 3.70. The molecule has 0 radical (unpaired) electrons. The van der Waals surface area contributed by atoms with E-state index in [9.17, 15) is 18.0 Å². The molecule has 2 aromatic heterocycles. The van der Waals surface area contributed by atoms with Crippen LogP contribution in [0.25, 0.3) is 11.1 Å². The third-order valence-electron chi connectivity index (χ3n) is 8.27. The second-order valence-corrected chi connectivity index (χ2v) is 11.5. The summed E-state index contributed by atoms with van der Waals surface area (Å²) < 4.78 is 38.9. The van der Waals surface area contributed by atoms with E-state index in [2.05, 4.69) is 27.2 Å². The predicted octanol–water partition coefficient (Wildman–Crippen LogP) is 6.32. The molecule has 40 heavy (non-hydrogen) atoms. The van der Waals surface area contributed by atoms with Crippen LogP contribution in [-0.2, 0) is 6.18 Å². The van der Waals surface area contributed by atoms with Gasteiger partial charge in [-0.25, -0.2) is 15.0 Å². The monoisotopic (exact) mass is 552 g/mol. The molecular formula is C30H35F3N6O. The number of benzene rings is 1. The lowest BCUT2D eigenvalue weighted by atomic mass is 9.70. The van der Waals surface area contributed by atoms with Crippen LogP contribution >= 0.6 is 0 Å². The number of piperidine rings is 1. The predicted molar refractivity (Wildman–Crippen MR) is 149 cm³/mol. The Morgan fingerprint density at radius 1 is 1.07 bits per heavy atom. The molecule has 10 heteroatoms. The van der Waals surface area contributed by atoms with Crippen molar-refractivity contribution in [3.8, 4) is 11.1 Å². The third kappa shape index (κ3) is 6.54. The first-order valence-corrected chi connectivity index (χ1v) is 13.9. The number of nitrogens with zero attached hydrogens (tertiary/aromatic N) is 4. The van der Waals surface area contributed by atoms with Crippen molar-refractivity contribution in [2.75, 3.05) is 23.3 Å². The van der Waals surface area contributed by atoms with Gasteiger partial charge in [0.1, 0.15) is 5.82 Å². The van der Waals surface area contributed by atoms with Gasteiger partial charge in [-0.3, -0.25) is 4.79 Å². The fourth-order valence-electron chi connectivity index (χ4n) is 6.29. The fraction of sp³-hybridized carbons (Fsp3) is 0.467. The normalized spacial score (nSPS) is 23.6. The highest BCUT2D eigenvalue weighted by atomic mass is 19.4. The van der Waals surface area contributed by atoms with Crippen LogP contribution in [0.1, 0.15) is 67.8 Å². The highest BCUT2D eigenvalue weighted by Crippen LogP contribution is 2.42. The van der Waals surface area contributed by atoms with Crippen LogP contribution in [0.4, 0.5) is 24.9 Å². The number of aromatic nitrogens is 3. The molecular weight excluding hydrogens is 517 g/mol. The zero-order chi connectivity index (χ0) is 28.3. The number of pyridine rings is 1. The second-order valence-electron chi connectivity index (χ2n) is 11.5. The summed E-state index contributed by atoms with van der Waals surface area (Å²) in [6.07, 6.45) is 6.58. The van der Waals surface area contributed by atoms with Crippen LogP contribution in [0.3, 0.4) is 0 Å². The molecule has 3 N–H and O–H groups in total. The van der Waals surface area contributed by atoms with E-state index >= 15 is 0 Å². The second kappa shape index (κ2) is 11.4. The molecule has 1 saturated heterocycles. The van der Waals surface area contributed by atoms with Gasteiger partial charge in [0.2, 0.25) is 11.9 Å². The van der Waals surface area contributed by atoms with E-state index in [0.717, 1.165) is 74.4 Å². The largest absolute Gasteiger partial charge is 0.419 e. The van der Waals surface area contributed by atoms with Crippen LogP contribution < -0.4 is 16.0 Å². The SMILES string of the molecule is C[C@]1(C[C@@H]2CCCC[C@H]2Nc2cc(-c3cccc(C(N)=O)c3)ccn2)CCCN(c2ncc(C(F)(F)F)cn2)C1. The molecule has 0 unspecified atom stereocenters. The summed E-state index contributed by atoms with van der Waals surface area (Å²) in [5.74, 6) is 1.14. The number of hydrogen-bond donors (Lipinski definition) is 2. The number of primary amides is 1. The Morgan fingerprint density at radius 3 is 2.58 bits per heavy atom. The van der Waals surface area contributed by atoms with Crippen molar-refractivity contribution in [3.63, 3.8) is 0 Å². The van der Waals surface area contributed by atoms with E-state index in [1.165, 1.54) is 6.42 Å². The van der Waals surface area contributed by atoms with Crippen LogP contribution in [-0.4, -0.2) is 40.0 Å². The number of nitrogens with two attached hydrogens (primary N) is 1. The van der Waals surface area contributed by atoms with E-state index in [4.69, 9.17) is 5.73 Å². The van der Waals surface area contributed by atoms with Gasteiger partial charge in [-0.2, -0.15) is 13.2 Å². The van der Waals surface area contributed by atoms with E-state index in [-0.39, 0.29) is 11.5 Å². The zero-order valence-electron chi connectivity index (χ0n) is 22.6. The van der Waals surface area contributed by atoms with Crippen molar-refractivity contribution < 1.29 is 18.0 Å². The molecule has 1 aliphatic carbocycles. The molecule has 5 rings (SSSR count). The maximum Gasteiger partial charge on any atom is 0.419 e. The number of rotatable bonds is 7. The van der Waals surface area contributed by atoms with Crippen LogP contribution in [0.15, 0.2) is 55.0 Å². The molecule has 7 nitrogen and oxygen atoms in total. The molecule has 3 heterocycles. The quantitative estimate of drug-likeness (QED) is 0.356. The van der Waals surface area contributed by atoms with Gasteiger partial charge in [0.25, 0.3) is 0 Å². The van der Waals surface area contributed by atoms with E-state index < -0.39 is 17.6 Å². The summed E-state index contributed by atoms with van der Waals surface area (Å²) in [7, 11) is 0. The lowest BCUT2D eigenvalue weighted by molar-refractivity contribution is -0.138. The standard InChI is InChI=1S/C30H35F3N6O/c1-29(11-5-13-39(19-29)28-36-17-24(18-37-28)30(31,32)33)16-23-6-2-3-9-25(23)38-26-15-21(10-12-35-26)20-7-4-8-22(14-20)27(34)40/h4,7-8,10,12,14-15,17-18,23,25H,2-3,5-6,9,11,13,16,19H2,1H3,(H2,34,40)(H,35,38)/t23-,25+,29+/m0/s1. The summed E-state index contributed by atoms with van der Waals surface area (Å²) in [4.78, 5) is 26.3. The van der Waals surface area contributed by atoms with Crippen molar-refractivity contribution in [1.82, 2.24) is 15.0 Å². The van der Waals surface area contributed by atoms with Gasteiger partial charge in [0, 0.05) is 43.3 Å². The molecule has 3 aromatic rings. The van der Waals surface area contributed by atoms with Gasteiger partial charge in [0.15, 0.2) is 0 Å². The minimum absolute atomic E-state index is 0.00325. The summed E-state index contributed by atoms with van der Waals surface area (Å²) in [6.45, 7) is 3.73. The fourth-order valence-corrected chi connectivity index (χ4v) is 6.29. The Balaban J connectivity index is 1.28. The summed E-state index contributed by atoms with van der Waals surface area (Å²) >= 11 is 0. The Labute approximate surface area is 232 Å². The molecule has 0 spiro atoms. The number of alkyl halides is 3. The average Bonchev–Trinajstić information content (AvgIpc) is 2.94. The van der Waals surface area contributed by atoms with Crippen molar-refractivity contribution in [3.05, 3.63) is 66.1 Å². The van der Waals surface area contributed by atoms with Crippen LogP contribution in [0, 0.1) is 11.3 Å². The Bertz CT molecular complexity index is 1330. The van der Waals surface area contributed by atoms with Gasteiger partial charge in [-0.05, 0) is 78.8 Å². The van der Waals surface area contributed by atoms with Gasteiger partial charge < -0.3 is 16.0 Å². The van der Waals surface area contributed by atoms with Gasteiger partial charge in [-0.1, -0.05) is 31.9 Å². The molecule has 1 amide bonds. The highest BCUT2D eigenvalue weighted by Gasteiger charge is 2.38. The first-order valence-electron chi connectivity index (χ1n) is 13.9. The number of amides is 1. The first kappa shape index (κ1) is 27.9. The summed E-state index contributed by atoms with van der Waals surface area (Å²) in [6, 6.07) is 11.5. The molecule has 2 aliphatic rings. The van der Waals surface area contributed by atoms with Crippen molar-refractivity contribution in [2.24, 2.45) is 17.1 Å². The highest BCUT2D eigenvalue weighted by molar-refractivity contribution is 5.94. The van der Waals surface area contributed by atoms with E-state index in [1.54, 1.807) is 18.3 Å². The summed E-state index contributed by atoms with van der Waals surface area (Å²) in [5.41, 5.74) is 6.96. The molecule has 1 aliphatic heterocycles. The minimum atomic E-state index is -4.44. The van der Waals surface area contributed by atoms with Crippen molar-refractivity contribution >= 4 is 17.7 Å². The minimum Gasteiger partial charge on any atom is -0.367 e. The molecule has 212 valence electrons.